The van der Waals surface area contributed by atoms with Crippen LogP contribution in [0, 0.1) is 0 Å². The van der Waals surface area contributed by atoms with Crippen LogP contribution in [0.25, 0.3) is 11.1 Å². The molecule has 0 heterocycles. The third kappa shape index (κ3) is 7.74. The van der Waals surface area contributed by atoms with E-state index in [2.05, 4.69) is 52.2 Å². The lowest BCUT2D eigenvalue weighted by atomic mass is 9.98. The largest absolute Gasteiger partial charge is 0.449 e. The highest BCUT2D eigenvalue weighted by Crippen LogP contribution is 2.44. The monoisotopic (exact) mass is 551 g/mol. The molecule has 2 aromatic carbocycles. The molecule has 2 aromatic rings. The molecule has 1 aliphatic carbocycles. The van der Waals surface area contributed by atoms with Gasteiger partial charge in [-0.25, -0.2) is 4.79 Å². The summed E-state index contributed by atoms with van der Waals surface area (Å²) in [4.78, 5) is 12.1. The molecule has 5 nitrogen and oxygen atoms in total. The van der Waals surface area contributed by atoms with Crippen LogP contribution in [0.15, 0.2) is 48.5 Å². The molecular formula is C26H34INO4. The normalized spacial score (nSPS) is 12.4. The molecule has 0 aliphatic heterocycles. The molecule has 0 atom stereocenters. The van der Waals surface area contributed by atoms with Crippen LogP contribution in [0.3, 0.4) is 0 Å². The second kappa shape index (κ2) is 14.5. The number of hydrogen-bond acceptors (Lipinski definition) is 4. The second-order valence-corrected chi connectivity index (χ2v) is 9.01. The Balaban J connectivity index is 1.23. The molecule has 3 rings (SSSR count). The van der Waals surface area contributed by atoms with E-state index in [1.165, 1.54) is 45.9 Å². The summed E-state index contributed by atoms with van der Waals surface area (Å²) in [5, 5.41) is 2.82. The summed E-state index contributed by atoms with van der Waals surface area (Å²) in [6, 6.07) is 16.7. The van der Waals surface area contributed by atoms with Crippen LogP contribution in [0.4, 0.5) is 4.79 Å². The molecule has 0 spiro atoms. The molecule has 0 radical (unpaired) electrons. The maximum Gasteiger partial charge on any atom is 0.407 e. The van der Waals surface area contributed by atoms with Gasteiger partial charge in [-0.1, -0.05) is 84.0 Å². The lowest BCUT2D eigenvalue weighted by Crippen LogP contribution is -2.27. The van der Waals surface area contributed by atoms with Gasteiger partial charge in [-0.05, 0) is 45.9 Å². The van der Waals surface area contributed by atoms with Crippen molar-refractivity contribution in [3.63, 3.8) is 0 Å². The number of fused-ring (bicyclic) bond motifs is 3. The topological polar surface area (TPSA) is 56.8 Å². The number of benzene rings is 2. The molecule has 0 fully saturated rings. The molecule has 0 aromatic heterocycles. The van der Waals surface area contributed by atoms with Crippen LogP contribution in [-0.4, -0.2) is 50.1 Å². The number of carbonyl (C=O) groups excluding carboxylic acids is 1. The van der Waals surface area contributed by atoms with Crippen molar-refractivity contribution in [2.24, 2.45) is 0 Å². The number of amides is 1. The molecule has 0 bridgehead atoms. The summed E-state index contributed by atoms with van der Waals surface area (Å²) in [5.41, 5.74) is 4.90. The molecule has 6 heteroatoms. The van der Waals surface area contributed by atoms with Gasteiger partial charge in [0.2, 0.25) is 0 Å². The van der Waals surface area contributed by atoms with E-state index >= 15 is 0 Å². The molecule has 0 saturated heterocycles. The Morgan fingerprint density at radius 2 is 1.38 bits per heavy atom. The molecule has 1 amide bonds. The SMILES string of the molecule is O=C(NCCCOCCOCCCCCCI)OCC1c2ccccc2-c2ccccc21. The van der Waals surface area contributed by atoms with Gasteiger partial charge in [-0.15, -0.1) is 0 Å². The maximum absolute atomic E-state index is 12.1. The molecule has 0 unspecified atom stereocenters. The fourth-order valence-corrected chi connectivity index (χ4v) is 4.53. The van der Waals surface area contributed by atoms with E-state index in [-0.39, 0.29) is 12.0 Å². The second-order valence-electron chi connectivity index (χ2n) is 7.93. The third-order valence-corrected chi connectivity index (χ3v) is 6.39. The van der Waals surface area contributed by atoms with Crippen molar-refractivity contribution in [2.45, 2.75) is 38.0 Å². The molecule has 1 aliphatic rings. The number of ether oxygens (including phenoxy) is 3. The first-order chi connectivity index (χ1) is 15.8. The summed E-state index contributed by atoms with van der Waals surface area (Å²) >= 11 is 2.42. The first-order valence-electron chi connectivity index (χ1n) is 11.6. The smallest absolute Gasteiger partial charge is 0.407 e. The van der Waals surface area contributed by atoms with E-state index in [0.717, 1.165) is 19.4 Å². The lowest BCUT2D eigenvalue weighted by molar-refractivity contribution is 0.0454. The number of alkyl carbamates (subject to hydrolysis) is 1. The van der Waals surface area contributed by atoms with Gasteiger partial charge in [0.25, 0.3) is 0 Å². The van der Waals surface area contributed by atoms with Crippen LogP contribution >= 0.6 is 22.6 Å². The van der Waals surface area contributed by atoms with E-state index in [1.807, 2.05) is 24.3 Å². The van der Waals surface area contributed by atoms with Crippen LogP contribution in [0.1, 0.15) is 49.1 Å². The van der Waals surface area contributed by atoms with Crippen LogP contribution in [-0.2, 0) is 14.2 Å². The Bertz CT molecular complexity index is 783. The summed E-state index contributed by atoms with van der Waals surface area (Å²) in [7, 11) is 0. The zero-order chi connectivity index (χ0) is 22.4. The zero-order valence-corrected chi connectivity index (χ0v) is 20.8. The Hall–Kier alpha value is -1.64. The summed E-state index contributed by atoms with van der Waals surface area (Å²) in [6.45, 7) is 3.52. The fourth-order valence-electron chi connectivity index (χ4n) is 3.99. The van der Waals surface area contributed by atoms with Crippen molar-refractivity contribution in [2.75, 3.05) is 44.0 Å². The van der Waals surface area contributed by atoms with Crippen LogP contribution in [0.2, 0.25) is 0 Å². The standard InChI is InChI=1S/C26H34INO4/c27-14-7-1-2-8-16-30-18-19-31-17-9-15-28-26(29)32-20-25-23-12-5-3-10-21(23)22-11-4-6-13-24(22)25/h3-6,10-13,25H,1-2,7-9,14-20H2,(H,28,29). The van der Waals surface area contributed by atoms with Gasteiger partial charge in [0.1, 0.15) is 6.61 Å². The van der Waals surface area contributed by atoms with Crippen molar-refractivity contribution in [1.29, 1.82) is 0 Å². The highest BCUT2D eigenvalue weighted by Gasteiger charge is 2.28. The number of carbonyl (C=O) groups is 1. The van der Waals surface area contributed by atoms with E-state index in [9.17, 15) is 4.79 Å². The number of halogens is 1. The number of hydrogen-bond donors (Lipinski definition) is 1. The van der Waals surface area contributed by atoms with Crippen LogP contribution in [0.5, 0.6) is 0 Å². The van der Waals surface area contributed by atoms with Gasteiger partial charge in [-0.3, -0.25) is 0 Å². The summed E-state index contributed by atoms with van der Waals surface area (Å²) in [6.07, 6.45) is 5.33. The van der Waals surface area contributed by atoms with Crippen molar-refractivity contribution >= 4 is 28.7 Å². The van der Waals surface area contributed by atoms with Gasteiger partial charge in [-0.2, -0.15) is 0 Å². The van der Waals surface area contributed by atoms with Gasteiger partial charge in [0, 0.05) is 25.7 Å². The first kappa shape index (κ1) is 25.0. The Morgan fingerprint density at radius 1 is 0.781 bits per heavy atom. The quantitative estimate of drug-likeness (QED) is 0.169. The Labute approximate surface area is 205 Å². The van der Waals surface area contributed by atoms with Crippen molar-refractivity contribution in [1.82, 2.24) is 5.32 Å². The van der Waals surface area contributed by atoms with Crippen molar-refractivity contribution in [3.05, 3.63) is 59.7 Å². The first-order valence-corrected chi connectivity index (χ1v) is 13.1. The van der Waals surface area contributed by atoms with E-state index in [4.69, 9.17) is 14.2 Å². The van der Waals surface area contributed by atoms with E-state index in [0.29, 0.717) is 33.0 Å². The van der Waals surface area contributed by atoms with Crippen molar-refractivity contribution < 1.29 is 19.0 Å². The van der Waals surface area contributed by atoms with E-state index < -0.39 is 0 Å². The molecule has 0 saturated carbocycles. The third-order valence-electron chi connectivity index (χ3n) is 5.62. The van der Waals surface area contributed by atoms with Gasteiger partial charge in [0.05, 0.1) is 13.2 Å². The molecule has 32 heavy (non-hydrogen) atoms. The lowest BCUT2D eigenvalue weighted by Gasteiger charge is -2.14. The van der Waals surface area contributed by atoms with Gasteiger partial charge < -0.3 is 19.5 Å². The van der Waals surface area contributed by atoms with E-state index in [1.54, 1.807) is 0 Å². The minimum absolute atomic E-state index is 0.0859. The highest BCUT2D eigenvalue weighted by atomic mass is 127. The van der Waals surface area contributed by atoms with Crippen molar-refractivity contribution in [3.8, 4) is 11.1 Å². The Morgan fingerprint density at radius 3 is 2.03 bits per heavy atom. The minimum Gasteiger partial charge on any atom is -0.449 e. The average molecular weight is 551 g/mol. The number of nitrogens with one attached hydrogen (secondary N) is 1. The summed E-state index contributed by atoms with van der Waals surface area (Å²) < 4.78 is 17.9. The zero-order valence-electron chi connectivity index (χ0n) is 18.7. The number of unbranched alkanes of at least 4 members (excludes halogenated alkanes) is 3. The number of alkyl halides is 1. The fraction of sp³-hybridized carbons (Fsp3) is 0.500. The van der Waals surface area contributed by atoms with Crippen LogP contribution < -0.4 is 5.32 Å². The molecule has 174 valence electrons. The Kier molecular flexibility index (Phi) is 11.3. The number of rotatable bonds is 15. The van der Waals surface area contributed by atoms with Gasteiger partial charge in [0.15, 0.2) is 0 Å². The average Bonchev–Trinajstić information content (AvgIpc) is 3.14. The predicted octanol–water partition coefficient (Wildman–Crippen LogP) is 5.94. The molecule has 1 N–H and O–H groups in total. The minimum atomic E-state index is -0.377. The maximum atomic E-state index is 12.1. The van der Waals surface area contributed by atoms with Gasteiger partial charge >= 0.3 is 6.09 Å². The molecular weight excluding hydrogens is 517 g/mol. The predicted molar refractivity (Wildman–Crippen MR) is 137 cm³/mol. The summed E-state index contributed by atoms with van der Waals surface area (Å²) in [5.74, 6) is 0.0859. The highest BCUT2D eigenvalue weighted by molar-refractivity contribution is 14.1.